The van der Waals surface area contributed by atoms with Crippen molar-refractivity contribution in [2.45, 2.75) is 0 Å². The van der Waals surface area contributed by atoms with Crippen molar-refractivity contribution in [1.82, 2.24) is 4.98 Å². The molecule has 22 heavy (non-hydrogen) atoms. The van der Waals surface area contributed by atoms with Gasteiger partial charge in [-0.15, -0.1) is 0 Å². The van der Waals surface area contributed by atoms with Crippen LogP contribution in [0.15, 0.2) is 65.5 Å². The van der Waals surface area contributed by atoms with E-state index in [9.17, 15) is 4.79 Å². The van der Waals surface area contributed by atoms with Gasteiger partial charge in [-0.05, 0) is 59.2 Å². The van der Waals surface area contributed by atoms with Gasteiger partial charge >= 0.3 is 0 Å². The summed E-state index contributed by atoms with van der Waals surface area (Å²) in [5, 5.41) is 0.670. The molecular weight excluding hydrogens is 298 g/mol. The van der Waals surface area contributed by atoms with Crippen LogP contribution in [0.2, 0.25) is 5.02 Å². The fourth-order valence-corrected chi connectivity index (χ4v) is 2.40. The molecule has 0 fully saturated rings. The summed E-state index contributed by atoms with van der Waals surface area (Å²) in [6.45, 7) is 0. The zero-order chi connectivity index (χ0) is 15.5. The molecular formula is C18H14ClNO2. The SMILES string of the molecule is COc1ccc(-c2cc(-c3ccc(Cl)cc3)cc(=O)[nH]2)cc1. The Bertz CT molecular complexity index is 836. The van der Waals surface area contributed by atoms with E-state index < -0.39 is 0 Å². The van der Waals surface area contributed by atoms with Crippen molar-refractivity contribution in [1.29, 1.82) is 0 Å². The Hall–Kier alpha value is -2.52. The molecule has 2 aromatic carbocycles. The van der Waals surface area contributed by atoms with Gasteiger partial charge < -0.3 is 9.72 Å². The number of aromatic amines is 1. The molecule has 3 nitrogen and oxygen atoms in total. The first-order chi connectivity index (χ1) is 10.7. The van der Waals surface area contributed by atoms with Gasteiger partial charge in [-0.3, -0.25) is 4.79 Å². The van der Waals surface area contributed by atoms with Crippen LogP contribution in [0.1, 0.15) is 0 Å². The lowest BCUT2D eigenvalue weighted by atomic mass is 10.0. The first-order valence-corrected chi connectivity index (χ1v) is 7.18. The first kappa shape index (κ1) is 14.4. The second kappa shape index (κ2) is 6.08. The quantitative estimate of drug-likeness (QED) is 0.780. The van der Waals surface area contributed by atoms with E-state index in [1.165, 1.54) is 0 Å². The molecule has 1 heterocycles. The maximum Gasteiger partial charge on any atom is 0.249 e. The van der Waals surface area contributed by atoms with E-state index in [4.69, 9.17) is 16.3 Å². The van der Waals surface area contributed by atoms with Crippen molar-refractivity contribution < 1.29 is 4.74 Å². The van der Waals surface area contributed by atoms with Crippen LogP contribution in [0.5, 0.6) is 5.75 Å². The number of nitrogens with one attached hydrogen (secondary N) is 1. The monoisotopic (exact) mass is 311 g/mol. The average Bonchev–Trinajstić information content (AvgIpc) is 2.55. The molecule has 0 amide bonds. The number of methoxy groups -OCH3 is 1. The second-order valence-corrected chi connectivity index (χ2v) is 5.32. The van der Waals surface area contributed by atoms with Crippen LogP contribution < -0.4 is 10.3 Å². The van der Waals surface area contributed by atoms with Crippen molar-refractivity contribution in [3.05, 3.63) is 76.0 Å². The minimum atomic E-state index is -0.140. The number of aromatic nitrogens is 1. The zero-order valence-electron chi connectivity index (χ0n) is 12.0. The van der Waals surface area contributed by atoms with Crippen molar-refractivity contribution in [3.8, 4) is 28.1 Å². The van der Waals surface area contributed by atoms with Gasteiger partial charge in [0.25, 0.3) is 0 Å². The molecule has 0 unspecified atom stereocenters. The number of hydrogen-bond donors (Lipinski definition) is 1. The lowest BCUT2D eigenvalue weighted by Gasteiger charge is -2.07. The standard InChI is InChI=1S/C18H14ClNO2/c1-22-16-8-4-13(5-9-16)17-10-14(11-18(21)20-17)12-2-6-15(19)7-3-12/h2-11H,1H3,(H,20,21). The topological polar surface area (TPSA) is 42.1 Å². The van der Waals surface area contributed by atoms with Gasteiger partial charge in [0.2, 0.25) is 5.56 Å². The number of pyridine rings is 1. The van der Waals surface area contributed by atoms with Crippen LogP contribution in [0.25, 0.3) is 22.4 Å². The first-order valence-electron chi connectivity index (χ1n) is 6.80. The minimum Gasteiger partial charge on any atom is -0.497 e. The highest BCUT2D eigenvalue weighted by Gasteiger charge is 2.05. The Labute approximate surface area is 133 Å². The van der Waals surface area contributed by atoms with E-state index in [1.807, 2.05) is 54.6 Å². The normalized spacial score (nSPS) is 10.5. The minimum absolute atomic E-state index is 0.140. The predicted octanol–water partition coefficient (Wildman–Crippen LogP) is 4.37. The summed E-state index contributed by atoms with van der Waals surface area (Å²) >= 11 is 5.91. The number of benzene rings is 2. The van der Waals surface area contributed by atoms with E-state index in [-0.39, 0.29) is 5.56 Å². The highest BCUT2D eigenvalue weighted by atomic mass is 35.5. The summed E-state index contributed by atoms with van der Waals surface area (Å²) in [6, 6.07) is 18.5. The van der Waals surface area contributed by atoms with Crippen LogP contribution in [-0.2, 0) is 0 Å². The molecule has 0 aliphatic carbocycles. The number of hydrogen-bond acceptors (Lipinski definition) is 2. The molecule has 110 valence electrons. The molecule has 0 saturated carbocycles. The van der Waals surface area contributed by atoms with E-state index in [2.05, 4.69) is 4.98 Å². The fraction of sp³-hybridized carbons (Fsp3) is 0.0556. The van der Waals surface area contributed by atoms with Crippen molar-refractivity contribution in [2.75, 3.05) is 7.11 Å². The zero-order valence-corrected chi connectivity index (χ0v) is 12.7. The summed E-state index contributed by atoms with van der Waals surface area (Å²) in [7, 11) is 1.62. The molecule has 3 rings (SSSR count). The summed E-state index contributed by atoms with van der Waals surface area (Å²) in [5.41, 5.74) is 3.35. The van der Waals surface area contributed by atoms with Gasteiger partial charge in [-0.2, -0.15) is 0 Å². The Balaban J connectivity index is 2.05. The largest absolute Gasteiger partial charge is 0.497 e. The van der Waals surface area contributed by atoms with E-state index >= 15 is 0 Å². The van der Waals surface area contributed by atoms with Crippen LogP contribution in [-0.4, -0.2) is 12.1 Å². The maximum atomic E-state index is 11.9. The van der Waals surface area contributed by atoms with Crippen molar-refractivity contribution in [3.63, 3.8) is 0 Å². The van der Waals surface area contributed by atoms with E-state index in [0.717, 1.165) is 28.1 Å². The molecule has 0 aliphatic heterocycles. The Morgan fingerprint density at radius 1 is 0.864 bits per heavy atom. The van der Waals surface area contributed by atoms with Crippen molar-refractivity contribution >= 4 is 11.6 Å². The Morgan fingerprint density at radius 2 is 1.50 bits per heavy atom. The summed E-state index contributed by atoms with van der Waals surface area (Å²) in [4.78, 5) is 14.8. The summed E-state index contributed by atoms with van der Waals surface area (Å²) < 4.78 is 5.15. The van der Waals surface area contributed by atoms with Gasteiger partial charge in [0.15, 0.2) is 0 Å². The van der Waals surface area contributed by atoms with Crippen LogP contribution in [0.3, 0.4) is 0 Å². The molecule has 0 radical (unpaired) electrons. The Morgan fingerprint density at radius 3 is 2.14 bits per heavy atom. The predicted molar refractivity (Wildman–Crippen MR) is 89.5 cm³/mol. The molecule has 1 aromatic heterocycles. The van der Waals surface area contributed by atoms with Crippen LogP contribution >= 0.6 is 11.6 Å². The van der Waals surface area contributed by atoms with Gasteiger partial charge in [-0.25, -0.2) is 0 Å². The van der Waals surface area contributed by atoms with Gasteiger partial charge in [0.1, 0.15) is 5.75 Å². The molecule has 4 heteroatoms. The fourth-order valence-electron chi connectivity index (χ4n) is 2.28. The van der Waals surface area contributed by atoms with E-state index in [1.54, 1.807) is 13.2 Å². The summed E-state index contributed by atoms with van der Waals surface area (Å²) in [6.07, 6.45) is 0. The van der Waals surface area contributed by atoms with E-state index in [0.29, 0.717) is 5.02 Å². The lowest BCUT2D eigenvalue weighted by molar-refractivity contribution is 0.415. The maximum absolute atomic E-state index is 11.9. The number of H-pyrrole nitrogens is 1. The third-order valence-corrected chi connectivity index (χ3v) is 3.67. The lowest BCUT2D eigenvalue weighted by Crippen LogP contribution is -2.05. The molecule has 0 spiro atoms. The molecule has 0 aliphatic rings. The summed E-state index contributed by atoms with van der Waals surface area (Å²) in [5.74, 6) is 0.778. The number of halogens is 1. The molecule has 1 N–H and O–H groups in total. The third-order valence-electron chi connectivity index (χ3n) is 3.42. The van der Waals surface area contributed by atoms with Crippen molar-refractivity contribution in [2.24, 2.45) is 0 Å². The second-order valence-electron chi connectivity index (χ2n) is 4.88. The molecule has 0 atom stereocenters. The van der Waals surface area contributed by atoms with Gasteiger partial charge in [0, 0.05) is 16.8 Å². The average molecular weight is 312 g/mol. The molecule has 3 aromatic rings. The molecule has 0 saturated heterocycles. The van der Waals surface area contributed by atoms with Gasteiger partial charge in [-0.1, -0.05) is 23.7 Å². The number of ether oxygens (including phenoxy) is 1. The highest BCUT2D eigenvalue weighted by Crippen LogP contribution is 2.25. The highest BCUT2D eigenvalue weighted by molar-refractivity contribution is 6.30. The third kappa shape index (κ3) is 3.05. The smallest absolute Gasteiger partial charge is 0.249 e. The Kier molecular flexibility index (Phi) is 3.98. The number of rotatable bonds is 3. The molecule has 0 bridgehead atoms. The van der Waals surface area contributed by atoms with Crippen LogP contribution in [0, 0.1) is 0 Å². The van der Waals surface area contributed by atoms with Gasteiger partial charge in [0.05, 0.1) is 7.11 Å². The van der Waals surface area contributed by atoms with Crippen LogP contribution in [0.4, 0.5) is 0 Å².